The molecule has 0 aliphatic heterocycles. The van der Waals surface area contributed by atoms with E-state index in [9.17, 15) is 0 Å². The molecule has 3 N–H and O–H groups in total. The predicted molar refractivity (Wildman–Crippen MR) is 121 cm³/mol. The van der Waals surface area contributed by atoms with Crippen LogP contribution >= 0.6 is 0 Å². The fourth-order valence-corrected chi connectivity index (χ4v) is 3.80. The summed E-state index contributed by atoms with van der Waals surface area (Å²) in [6, 6.07) is 0. The Bertz CT molecular complexity index is 234. The maximum Gasteiger partial charge on any atom is 0.0431 e. The predicted octanol–water partition coefficient (Wildman–Crippen LogP) is 5.29. The SMILES string of the molecule is OCCCCCCCCN(CCCCCCCCO)CCCCCCCCO. The minimum atomic E-state index is 0.341. The van der Waals surface area contributed by atoms with E-state index in [0.29, 0.717) is 19.8 Å². The van der Waals surface area contributed by atoms with Gasteiger partial charge in [0.05, 0.1) is 0 Å². The third-order valence-electron chi connectivity index (χ3n) is 5.65. The summed E-state index contributed by atoms with van der Waals surface area (Å²) in [6.45, 7) is 4.76. The molecule has 0 amide bonds. The lowest BCUT2D eigenvalue weighted by molar-refractivity contribution is 0.252. The van der Waals surface area contributed by atoms with Crippen LogP contribution in [0.15, 0.2) is 0 Å². The second-order valence-electron chi connectivity index (χ2n) is 8.38. The second-order valence-corrected chi connectivity index (χ2v) is 8.38. The minimum absolute atomic E-state index is 0.341. The standard InChI is InChI=1S/C24H51NO3/c26-22-16-10-4-1-7-13-19-25(20-14-8-2-5-11-17-23-27)21-15-9-3-6-12-18-24-28/h26-28H,1-24H2. The van der Waals surface area contributed by atoms with Crippen molar-refractivity contribution in [1.29, 1.82) is 0 Å². The van der Waals surface area contributed by atoms with Gasteiger partial charge in [0.2, 0.25) is 0 Å². The molecule has 0 radical (unpaired) electrons. The van der Waals surface area contributed by atoms with Crippen molar-refractivity contribution in [1.82, 2.24) is 4.90 Å². The van der Waals surface area contributed by atoms with Crippen molar-refractivity contribution in [2.45, 2.75) is 116 Å². The molecule has 0 aromatic rings. The van der Waals surface area contributed by atoms with Crippen LogP contribution in [0.5, 0.6) is 0 Å². The summed E-state index contributed by atoms with van der Waals surface area (Å²) < 4.78 is 0. The first-order valence-electron chi connectivity index (χ1n) is 12.4. The second kappa shape index (κ2) is 24.9. The molecule has 0 bridgehead atoms. The lowest BCUT2D eigenvalue weighted by Gasteiger charge is -2.22. The number of aliphatic hydroxyl groups excluding tert-OH is 3. The number of hydrogen-bond acceptors (Lipinski definition) is 4. The Morgan fingerprint density at radius 1 is 0.286 bits per heavy atom. The summed E-state index contributed by atoms with van der Waals surface area (Å²) in [5, 5.41) is 26.5. The molecular weight excluding hydrogens is 350 g/mol. The first kappa shape index (κ1) is 27.8. The molecule has 0 spiro atoms. The molecule has 0 aliphatic carbocycles. The van der Waals surface area contributed by atoms with Crippen LogP contribution in [0.3, 0.4) is 0 Å². The summed E-state index contributed by atoms with van der Waals surface area (Å²) in [4.78, 5) is 2.69. The van der Waals surface area contributed by atoms with Gasteiger partial charge in [-0.3, -0.25) is 0 Å². The van der Waals surface area contributed by atoms with Crippen molar-refractivity contribution >= 4 is 0 Å². The van der Waals surface area contributed by atoms with Gasteiger partial charge in [0.1, 0.15) is 0 Å². The smallest absolute Gasteiger partial charge is 0.0431 e. The monoisotopic (exact) mass is 401 g/mol. The van der Waals surface area contributed by atoms with E-state index in [2.05, 4.69) is 4.90 Å². The van der Waals surface area contributed by atoms with Gasteiger partial charge in [-0.25, -0.2) is 0 Å². The number of rotatable bonds is 24. The van der Waals surface area contributed by atoms with Crippen LogP contribution in [0.1, 0.15) is 116 Å². The molecule has 0 fully saturated rings. The fourth-order valence-electron chi connectivity index (χ4n) is 3.80. The normalized spacial score (nSPS) is 11.6. The molecule has 170 valence electrons. The Hall–Kier alpha value is -0.160. The Balaban J connectivity index is 3.80. The van der Waals surface area contributed by atoms with E-state index >= 15 is 0 Å². The molecule has 0 aromatic carbocycles. The van der Waals surface area contributed by atoms with Crippen LogP contribution in [-0.2, 0) is 0 Å². The van der Waals surface area contributed by atoms with E-state index in [1.54, 1.807) is 0 Å². The van der Waals surface area contributed by atoms with E-state index in [-0.39, 0.29) is 0 Å². The zero-order valence-corrected chi connectivity index (χ0v) is 18.8. The van der Waals surface area contributed by atoms with Crippen LogP contribution in [0, 0.1) is 0 Å². The highest BCUT2D eigenvalue weighted by Crippen LogP contribution is 2.11. The van der Waals surface area contributed by atoms with Gasteiger partial charge in [-0.1, -0.05) is 77.0 Å². The van der Waals surface area contributed by atoms with Gasteiger partial charge in [0.25, 0.3) is 0 Å². The van der Waals surface area contributed by atoms with E-state index < -0.39 is 0 Å². The first-order chi connectivity index (χ1) is 13.8. The highest BCUT2D eigenvalue weighted by atomic mass is 16.3. The van der Waals surface area contributed by atoms with Crippen molar-refractivity contribution in [3.63, 3.8) is 0 Å². The van der Waals surface area contributed by atoms with Crippen molar-refractivity contribution in [3.8, 4) is 0 Å². The average molecular weight is 402 g/mol. The number of unbranched alkanes of at least 4 members (excludes halogenated alkanes) is 15. The van der Waals surface area contributed by atoms with Crippen molar-refractivity contribution in [3.05, 3.63) is 0 Å². The third kappa shape index (κ3) is 22.1. The Morgan fingerprint density at radius 2 is 0.500 bits per heavy atom. The topological polar surface area (TPSA) is 63.9 Å². The molecule has 0 heterocycles. The zero-order valence-electron chi connectivity index (χ0n) is 18.8. The van der Waals surface area contributed by atoms with Crippen molar-refractivity contribution in [2.75, 3.05) is 39.5 Å². The molecule has 0 unspecified atom stereocenters. The number of aliphatic hydroxyl groups is 3. The maximum atomic E-state index is 8.84. The highest BCUT2D eigenvalue weighted by molar-refractivity contribution is 4.60. The lowest BCUT2D eigenvalue weighted by Crippen LogP contribution is -2.27. The van der Waals surface area contributed by atoms with Gasteiger partial charge in [-0.05, 0) is 58.2 Å². The molecule has 0 saturated heterocycles. The molecule has 4 heteroatoms. The Kier molecular flexibility index (Phi) is 24.7. The van der Waals surface area contributed by atoms with Crippen LogP contribution < -0.4 is 0 Å². The third-order valence-corrected chi connectivity index (χ3v) is 5.65. The molecule has 4 nitrogen and oxygen atoms in total. The average Bonchev–Trinajstić information content (AvgIpc) is 2.71. The summed E-state index contributed by atoms with van der Waals surface area (Å²) in [5.41, 5.74) is 0. The molecule has 28 heavy (non-hydrogen) atoms. The van der Waals surface area contributed by atoms with E-state index in [0.717, 1.165) is 19.3 Å². The Labute approximate surface area is 175 Å². The van der Waals surface area contributed by atoms with Crippen molar-refractivity contribution in [2.24, 2.45) is 0 Å². The van der Waals surface area contributed by atoms with Crippen LogP contribution in [0.25, 0.3) is 0 Å². The van der Waals surface area contributed by atoms with E-state index in [4.69, 9.17) is 15.3 Å². The highest BCUT2D eigenvalue weighted by Gasteiger charge is 2.05. The van der Waals surface area contributed by atoms with Gasteiger partial charge in [0, 0.05) is 19.8 Å². The van der Waals surface area contributed by atoms with E-state index in [1.165, 1.54) is 116 Å². The molecule has 0 rings (SSSR count). The van der Waals surface area contributed by atoms with Gasteiger partial charge < -0.3 is 20.2 Å². The summed E-state index contributed by atoms with van der Waals surface area (Å²) >= 11 is 0. The summed E-state index contributed by atoms with van der Waals surface area (Å²) in [6.07, 6.45) is 22.0. The van der Waals surface area contributed by atoms with Crippen LogP contribution in [-0.4, -0.2) is 59.7 Å². The van der Waals surface area contributed by atoms with Crippen LogP contribution in [0.4, 0.5) is 0 Å². The fraction of sp³-hybridized carbons (Fsp3) is 1.00. The Morgan fingerprint density at radius 3 is 0.750 bits per heavy atom. The molecule has 0 saturated carbocycles. The molecule has 0 aromatic heterocycles. The van der Waals surface area contributed by atoms with Gasteiger partial charge in [0.15, 0.2) is 0 Å². The van der Waals surface area contributed by atoms with Gasteiger partial charge >= 0.3 is 0 Å². The van der Waals surface area contributed by atoms with E-state index in [1.807, 2.05) is 0 Å². The largest absolute Gasteiger partial charge is 0.396 e. The molecule has 0 aliphatic rings. The lowest BCUT2D eigenvalue weighted by atomic mass is 10.1. The maximum absolute atomic E-state index is 8.84. The first-order valence-corrected chi connectivity index (χ1v) is 12.4. The summed E-state index contributed by atoms with van der Waals surface area (Å²) in [7, 11) is 0. The van der Waals surface area contributed by atoms with Gasteiger partial charge in [-0.15, -0.1) is 0 Å². The number of hydrogen-bond donors (Lipinski definition) is 3. The van der Waals surface area contributed by atoms with Crippen LogP contribution in [0.2, 0.25) is 0 Å². The molecule has 0 atom stereocenters. The number of nitrogens with zero attached hydrogens (tertiary/aromatic N) is 1. The van der Waals surface area contributed by atoms with Crippen molar-refractivity contribution < 1.29 is 15.3 Å². The summed E-state index contributed by atoms with van der Waals surface area (Å²) in [5.74, 6) is 0. The molecular formula is C24H51NO3. The quantitative estimate of drug-likeness (QED) is 0.192. The zero-order chi connectivity index (χ0) is 20.5. The minimum Gasteiger partial charge on any atom is -0.396 e. The van der Waals surface area contributed by atoms with Gasteiger partial charge in [-0.2, -0.15) is 0 Å².